The fourth-order valence-corrected chi connectivity index (χ4v) is 2.14. The van der Waals surface area contributed by atoms with Crippen molar-refractivity contribution in [2.45, 2.75) is 32.9 Å². The number of carbonyl (C=O) groups excluding carboxylic acids is 2. The van der Waals surface area contributed by atoms with Gasteiger partial charge < -0.3 is 24.2 Å². The van der Waals surface area contributed by atoms with Crippen molar-refractivity contribution in [2.24, 2.45) is 5.92 Å². The van der Waals surface area contributed by atoms with Gasteiger partial charge in [0.2, 0.25) is 5.91 Å². The average Bonchev–Trinajstić information content (AvgIpc) is 3.26. The Morgan fingerprint density at radius 3 is 2.52 bits per heavy atom. The molecule has 7 nitrogen and oxygen atoms in total. The monoisotopic (exact) mass is 348 g/mol. The summed E-state index contributed by atoms with van der Waals surface area (Å²) >= 11 is 0. The summed E-state index contributed by atoms with van der Waals surface area (Å²) in [6.45, 7) is 6.59. The molecule has 136 valence electrons. The molecule has 0 saturated heterocycles. The highest BCUT2D eigenvalue weighted by atomic mass is 16.5. The minimum Gasteiger partial charge on any atom is -0.472 e. The molecule has 0 spiro atoms. The van der Waals surface area contributed by atoms with Crippen LogP contribution in [0.25, 0.3) is 0 Å². The van der Waals surface area contributed by atoms with Crippen molar-refractivity contribution >= 4 is 11.8 Å². The molecule has 2 aromatic heterocycles. The number of ether oxygens (including phenoxy) is 1. The average molecular weight is 348 g/mol. The summed E-state index contributed by atoms with van der Waals surface area (Å²) in [5.41, 5.74) is 0.363. The summed E-state index contributed by atoms with van der Waals surface area (Å²) in [6.07, 6.45) is 4.27. The van der Waals surface area contributed by atoms with Crippen LogP contribution in [0.1, 0.15) is 42.9 Å². The van der Waals surface area contributed by atoms with Gasteiger partial charge in [-0.3, -0.25) is 9.59 Å². The van der Waals surface area contributed by atoms with Gasteiger partial charge in [0, 0.05) is 6.61 Å². The number of nitrogens with one attached hydrogen (secondary N) is 2. The molecule has 0 radical (unpaired) electrons. The highest BCUT2D eigenvalue weighted by Crippen LogP contribution is 2.15. The third-order valence-corrected chi connectivity index (χ3v) is 3.46. The van der Waals surface area contributed by atoms with Crippen LogP contribution in [0, 0.1) is 5.92 Å². The molecule has 0 aliphatic heterocycles. The van der Waals surface area contributed by atoms with E-state index in [1.807, 2.05) is 13.8 Å². The lowest BCUT2D eigenvalue weighted by Gasteiger charge is -2.20. The lowest BCUT2D eigenvalue weighted by atomic mass is 10.2. The Bertz CT molecular complexity index is 649. The Morgan fingerprint density at radius 1 is 1.12 bits per heavy atom. The van der Waals surface area contributed by atoms with Crippen LogP contribution < -0.4 is 10.6 Å². The first-order valence-electron chi connectivity index (χ1n) is 8.22. The lowest BCUT2D eigenvalue weighted by Crippen LogP contribution is -2.46. The third-order valence-electron chi connectivity index (χ3n) is 3.46. The Kier molecular flexibility index (Phi) is 6.82. The molecule has 2 rings (SSSR count). The molecule has 2 heterocycles. The molecule has 0 aromatic carbocycles. The van der Waals surface area contributed by atoms with E-state index in [1.54, 1.807) is 25.3 Å². The second kappa shape index (κ2) is 9.08. The highest BCUT2D eigenvalue weighted by molar-refractivity contribution is 5.97. The van der Waals surface area contributed by atoms with E-state index in [0.717, 1.165) is 0 Å². The predicted molar refractivity (Wildman–Crippen MR) is 90.9 cm³/mol. The Morgan fingerprint density at radius 2 is 1.92 bits per heavy atom. The minimum absolute atomic E-state index is 0.291. The van der Waals surface area contributed by atoms with Gasteiger partial charge in [-0.15, -0.1) is 0 Å². The van der Waals surface area contributed by atoms with Crippen molar-refractivity contribution in [3.05, 3.63) is 48.3 Å². The molecule has 0 aliphatic rings. The summed E-state index contributed by atoms with van der Waals surface area (Å²) in [6, 6.07) is 3.92. The van der Waals surface area contributed by atoms with E-state index < -0.39 is 12.1 Å². The van der Waals surface area contributed by atoms with Gasteiger partial charge >= 0.3 is 0 Å². The zero-order valence-corrected chi connectivity index (χ0v) is 14.7. The van der Waals surface area contributed by atoms with E-state index in [9.17, 15) is 9.59 Å². The summed E-state index contributed by atoms with van der Waals surface area (Å²) in [4.78, 5) is 24.4. The first-order valence-corrected chi connectivity index (χ1v) is 8.22. The Hall–Kier alpha value is -2.54. The van der Waals surface area contributed by atoms with Crippen molar-refractivity contribution in [2.75, 3.05) is 13.2 Å². The van der Waals surface area contributed by atoms with Gasteiger partial charge in [0.25, 0.3) is 5.91 Å². The van der Waals surface area contributed by atoms with E-state index in [1.165, 1.54) is 18.6 Å². The van der Waals surface area contributed by atoms with Crippen LogP contribution in [0.3, 0.4) is 0 Å². The van der Waals surface area contributed by atoms with Crippen LogP contribution in [0.2, 0.25) is 0 Å². The summed E-state index contributed by atoms with van der Waals surface area (Å²) in [7, 11) is 0. The van der Waals surface area contributed by atoms with Crippen LogP contribution in [0.4, 0.5) is 0 Å². The fourth-order valence-electron chi connectivity index (χ4n) is 2.14. The molecule has 0 bridgehead atoms. The van der Waals surface area contributed by atoms with E-state index in [2.05, 4.69) is 10.6 Å². The van der Waals surface area contributed by atoms with Gasteiger partial charge in [0.15, 0.2) is 0 Å². The Balaban J connectivity index is 1.92. The van der Waals surface area contributed by atoms with Crippen LogP contribution >= 0.6 is 0 Å². The summed E-state index contributed by atoms with van der Waals surface area (Å²) in [5, 5.41) is 5.47. The number of rotatable bonds is 9. The van der Waals surface area contributed by atoms with Gasteiger partial charge in [-0.2, -0.15) is 0 Å². The predicted octanol–water partition coefficient (Wildman–Crippen LogP) is 2.52. The van der Waals surface area contributed by atoms with Crippen LogP contribution in [0.15, 0.2) is 45.8 Å². The molecule has 7 heteroatoms. The van der Waals surface area contributed by atoms with Crippen LogP contribution in [-0.4, -0.2) is 31.1 Å². The fraction of sp³-hybridized carbons (Fsp3) is 0.444. The summed E-state index contributed by atoms with van der Waals surface area (Å²) in [5.74, 6) is 0.292. The van der Waals surface area contributed by atoms with Gasteiger partial charge in [-0.05, 0) is 31.0 Å². The maximum absolute atomic E-state index is 12.4. The van der Waals surface area contributed by atoms with Crippen molar-refractivity contribution in [3.63, 3.8) is 0 Å². The molecule has 0 aliphatic carbocycles. The van der Waals surface area contributed by atoms with Crippen molar-refractivity contribution in [1.29, 1.82) is 0 Å². The number of carbonyl (C=O) groups is 2. The molecule has 0 unspecified atom stereocenters. The molecule has 25 heavy (non-hydrogen) atoms. The first kappa shape index (κ1) is 18.8. The van der Waals surface area contributed by atoms with Gasteiger partial charge in [0.05, 0.1) is 24.7 Å². The van der Waals surface area contributed by atoms with Crippen molar-refractivity contribution < 1.29 is 23.2 Å². The zero-order valence-electron chi connectivity index (χ0n) is 14.7. The van der Waals surface area contributed by atoms with Crippen LogP contribution in [-0.2, 0) is 9.53 Å². The molecule has 2 aromatic rings. The molecule has 0 saturated carbocycles. The summed E-state index contributed by atoms with van der Waals surface area (Å²) < 4.78 is 15.9. The van der Waals surface area contributed by atoms with Crippen molar-refractivity contribution in [1.82, 2.24) is 10.6 Å². The van der Waals surface area contributed by atoms with Gasteiger partial charge in [0.1, 0.15) is 24.1 Å². The van der Waals surface area contributed by atoms with Crippen LogP contribution in [0.5, 0.6) is 0 Å². The van der Waals surface area contributed by atoms with E-state index in [0.29, 0.717) is 30.5 Å². The van der Waals surface area contributed by atoms with Crippen molar-refractivity contribution in [3.8, 4) is 0 Å². The third kappa shape index (κ3) is 5.79. The lowest BCUT2D eigenvalue weighted by molar-refractivity contribution is -0.124. The molecule has 2 amide bonds. The number of amides is 2. The van der Waals surface area contributed by atoms with E-state index in [-0.39, 0.29) is 11.8 Å². The normalized spacial score (nSPS) is 13.4. The minimum atomic E-state index is -0.718. The first-order chi connectivity index (χ1) is 12.0. The standard InChI is InChI=1S/C18H24N2O5/c1-12(2)9-24-11-15(16-5-4-7-25-16)20-17(21)13(3)19-18(22)14-6-8-23-10-14/h4-8,10,12-13,15H,9,11H2,1-3H3,(H,19,22)(H,20,21)/t13-,15+/m0/s1. The largest absolute Gasteiger partial charge is 0.472 e. The maximum Gasteiger partial charge on any atom is 0.255 e. The van der Waals surface area contributed by atoms with E-state index in [4.69, 9.17) is 13.6 Å². The number of hydrogen-bond donors (Lipinski definition) is 2. The maximum atomic E-state index is 12.4. The topological polar surface area (TPSA) is 93.7 Å². The zero-order chi connectivity index (χ0) is 18.2. The SMILES string of the molecule is CC(C)COC[C@@H](NC(=O)[C@H](C)NC(=O)c1ccoc1)c1ccco1. The molecular weight excluding hydrogens is 324 g/mol. The molecular formula is C18H24N2O5. The quantitative estimate of drug-likeness (QED) is 0.726. The Labute approximate surface area is 146 Å². The second-order valence-electron chi connectivity index (χ2n) is 6.22. The number of hydrogen-bond acceptors (Lipinski definition) is 5. The second-order valence-corrected chi connectivity index (χ2v) is 6.22. The molecule has 0 fully saturated rings. The highest BCUT2D eigenvalue weighted by Gasteiger charge is 2.23. The molecule has 2 N–H and O–H groups in total. The smallest absolute Gasteiger partial charge is 0.255 e. The van der Waals surface area contributed by atoms with Gasteiger partial charge in [-0.1, -0.05) is 13.8 Å². The number of furan rings is 2. The molecule has 2 atom stereocenters. The van der Waals surface area contributed by atoms with E-state index >= 15 is 0 Å². The van der Waals surface area contributed by atoms with Gasteiger partial charge in [-0.25, -0.2) is 0 Å².